The third-order valence-electron chi connectivity index (χ3n) is 5.26. The van der Waals surface area contributed by atoms with E-state index in [-0.39, 0.29) is 18.0 Å². The van der Waals surface area contributed by atoms with E-state index in [0.717, 1.165) is 11.3 Å². The van der Waals surface area contributed by atoms with Crippen LogP contribution in [0.2, 0.25) is 0 Å². The first kappa shape index (κ1) is 20.6. The van der Waals surface area contributed by atoms with Crippen LogP contribution in [-0.2, 0) is 7.05 Å². The molecule has 0 spiro atoms. The van der Waals surface area contributed by atoms with Crippen LogP contribution in [0, 0.1) is 17.0 Å². The lowest BCUT2D eigenvalue weighted by Gasteiger charge is -2.07. The maximum absolute atomic E-state index is 12.8. The number of benzene rings is 2. The maximum atomic E-state index is 12.8. The molecule has 0 fully saturated rings. The van der Waals surface area contributed by atoms with Crippen LogP contribution < -0.4 is 14.8 Å². The van der Waals surface area contributed by atoms with Crippen molar-refractivity contribution in [2.45, 2.75) is 6.92 Å². The van der Waals surface area contributed by atoms with E-state index in [4.69, 9.17) is 9.47 Å². The van der Waals surface area contributed by atoms with Crippen LogP contribution in [0.4, 0.5) is 11.5 Å². The lowest BCUT2D eigenvalue weighted by molar-refractivity contribution is -0.385. The molecule has 33 heavy (non-hydrogen) atoms. The number of hydrogen-bond donors (Lipinski definition) is 1. The van der Waals surface area contributed by atoms with Crippen molar-refractivity contribution in [3.05, 3.63) is 69.1 Å². The van der Waals surface area contributed by atoms with E-state index in [2.05, 4.69) is 15.4 Å². The van der Waals surface area contributed by atoms with Gasteiger partial charge >= 0.3 is 0 Å². The topological polar surface area (TPSA) is 121 Å². The highest BCUT2D eigenvalue weighted by atomic mass is 32.1. The Morgan fingerprint density at radius 1 is 1.18 bits per heavy atom. The number of nitro groups is 1. The van der Waals surface area contributed by atoms with Crippen molar-refractivity contribution in [1.29, 1.82) is 0 Å². The molecule has 11 heteroatoms. The van der Waals surface area contributed by atoms with Gasteiger partial charge in [0, 0.05) is 41.3 Å². The van der Waals surface area contributed by atoms with Crippen LogP contribution in [0.3, 0.4) is 0 Å². The monoisotopic (exact) mass is 463 g/mol. The molecule has 0 saturated carbocycles. The summed E-state index contributed by atoms with van der Waals surface area (Å²) in [5.41, 5.74) is 2.69. The van der Waals surface area contributed by atoms with Crippen molar-refractivity contribution in [2.24, 2.45) is 7.05 Å². The molecule has 1 aliphatic heterocycles. The van der Waals surface area contributed by atoms with Crippen LogP contribution >= 0.6 is 11.3 Å². The van der Waals surface area contributed by atoms with Crippen molar-refractivity contribution in [3.8, 4) is 33.5 Å². The molecular weight excluding hydrogens is 446 g/mol. The standard InChI is InChI=1S/C22H17N5O5S/c1-12-14(4-3-5-17(12)27(29)30)21(28)24-20-9-15(25-26(20)2)22-23-16(10-33-22)13-6-7-18-19(8-13)32-11-31-18/h3-10H,11H2,1-2H3,(H,24,28). The number of nitrogens with zero attached hydrogens (tertiary/aromatic N) is 4. The Hall–Kier alpha value is -4.25. The summed E-state index contributed by atoms with van der Waals surface area (Å²) in [6, 6.07) is 11.8. The molecule has 3 heterocycles. The number of rotatable bonds is 5. The van der Waals surface area contributed by atoms with Gasteiger partial charge in [-0.05, 0) is 31.2 Å². The Morgan fingerprint density at radius 2 is 2.00 bits per heavy atom. The van der Waals surface area contributed by atoms with E-state index in [0.29, 0.717) is 33.6 Å². The zero-order valence-electron chi connectivity index (χ0n) is 17.6. The van der Waals surface area contributed by atoms with Crippen LogP contribution in [0.5, 0.6) is 11.5 Å². The summed E-state index contributed by atoms with van der Waals surface area (Å²) >= 11 is 1.43. The normalized spacial score (nSPS) is 12.1. The Balaban J connectivity index is 1.38. The summed E-state index contributed by atoms with van der Waals surface area (Å²) in [7, 11) is 1.70. The number of aryl methyl sites for hydroxylation is 1. The van der Waals surface area contributed by atoms with E-state index in [9.17, 15) is 14.9 Å². The molecule has 4 aromatic rings. The minimum atomic E-state index is -0.505. The Bertz CT molecular complexity index is 1410. The predicted octanol–water partition coefficient (Wildman–Crippen LogP) is 4.41. The molecule has 1 N–H and O–H groups in total. The molecule has 2 aromatic carbocycles. The Labute approximate surface area is 191 Å². The van der Waals surface area contributed by atoms with Gasteiger partial charge in [-0.15, -0.1) is 11.3 Å². The summed E-state index contributed by atoms with van der Waals surface area (Å²) in [6.07, 6.45) is 0. The molecule has 1 amide bonds. The number of amides is 1. The van der Waals surface area contributed by atoms with Crippen LogP contribution in [0.15, 0.2) is 47.8 Å². The third kappa shape index (κ3) is 3.78. The van der Waals surface area contributed by atoms with E-state index >= 15 is 0 Å². The van der Waals surface area contributed by atoms with Gasteiger partial charge < -0.3 is 14.8 Å². The highest BCUT2D eigenvalue weighted by Crippen LogP contribution is 2.37. The fourth-order valence-corrected chi connectivity index (χ4v) is 4.30. The second kappa shape index (κ2) is 8.02. The minimum Gasteiger partial charge on any atom is -0.454 e. The quantitative estimate of drug-likeness (QED) is 0.344. The van der Waals surface area contributed by atoms with Gasteiger partial charge in [0.1, 0.15) is 16.5 Å². The summed E-state index contributed by atoms with van der Waals surface area (Å²) < 4.78 is 12.3. The minimum absolute atomic E-state index is 0.104. The number of fused-ring (bicyclic) bond motifs is 1. The Kier molecular flexibility index (Phi) is 5.02. The van der Waals surface area contributed by atoms with Gasteiger partial charge in [0.05, 0.1) is 10.6 Å². The number of aromatic nitrogens is 3. The Morgan fingerprint density at radius 3 is 2.82 bits per heavy atom. The van der Waals surface area contributed by atoms with Crippen LogP contribution in [-0.4, -0.2) is 32.4 Å². The number of nitro benzene ring substituents is 1. The first-order chi connectivity index (χ1) is 15.9. The number of hydrogen-bond acceptors (Lipinski definition) is 8. The molecule has 0 atom stereocenters. The van der Waals surface area contributed by atoms with Crippen molar-refractivity contribution in [3.63, 3.8) is 0 Å². The molecule has 1 aliphatic rings. The largest absolute Gasteiger partial charge is 0.454 e. The molecule has 2 aromatic heterocycles. The maximum Gasteiger partial charge on any atom is 0.273 e. The molecule has 0 unspecified atom stereocenters. The van der Waals surface area contributed by atoms with Crippen molar-refractivity contribution in [1.82, 2.24) is 14.8 Å². The first-order valence-corrected chi connectivity index (χ1v) is 10.7. The average Bonchev–Trinajstić information content (AvgIpc) is 3.53. The molecule has 0 bridgehead atoms. The average molecular weight is 463 g/mol. The molecule has 166 valence electrons. The van der Waals surface area contributed by atoms with Crippen molar-refractivity contribution < 1.29 is 19.2 Å². The fourth-order valence-electron chi connectivity index (χ4n) is 3.52. The zero-order valence-corrected chi connectivity index (χ0v) is 18.4. The summed E-state index contributed by atoms with van der Waals surface area (Å²) in [5, 5.41) is 21.0. The van der Waals surface area contributed by atoms with Gasteiger partial charge in [-0.3, -0.25) is 19.6 Å². The smallest absolute Gasteiger partial charge is 0.273 e. The van der Waals surface area contributed by atoms with Crippen molar-refractivity contribution in [2.75, 3.05) is 12.1 Å². The van der Waals surface area contributed by atoms with Gasteiger partial charge in [-0.2, -0.15) is 5.10 Å². The zero-order chi connectivity index (χ0) is 23.1. The number of anilines is 1. The van der Waals surface area contributed by atoms with Crippen molar-refractivity contribution >= 4 is 28.7 Å². The molecule has 0 saturated heterocycles. The lowest BCUT2D eigenvalue weighted by atomic mass is 10.1. The molecule has 0 aliphatic carbocycles. The third-order valence-corrected chi connectivity index (χ3v) is 6.12. The van der Waals surface area contributed by atoms with E-state index in [1.807, 2.05) is 23.6 Å². The lowest BCUT2D eigenvalue weighted by Crippen LogP contribution is -2.16. The number of ether oxygens (including phenoxy) is 2. The van der Waals surface area contributed by atoms with Gasteiger partial charge in [-0.1, -0.05) is 6.07 Å². The highest BCUT2D eigenvalue weighted by molar-refractivity contribution is 7.13. The number of thiazole rings is 1. The first-order valence-electron chi connectivity index (χ1n) is 9.86. The van der Waals surface area contributed by atoms with Gasteiger partial charge in [0.2, 0.25) is 6.79 Å². The highest BCUT2D eigenvalue weighted by Gasteiger charge is 2.20. The number of nitrogens with one attached hydrogen (secondary N) is 1. The van der Waals surface area contributed by atoms with Crippen LogP contribution in [0.25, 0.3) is 22.0 Å². The van der Waals surface area contributed by atoms with E-state index < -0.39 is 10.8 Å². The SMILES string of the molecule is Cc1c(C(=O)Nc2cc(-c3nc(-c4ccc5c(c4)OCO5)cs3)nn2C)cccc1[N+](=O)[O-]. The summed E-state index contributed by atoms with van der Waals surface area (Å²) in [5.74, 6) is 1.38. The molecule has 10 nitrogen and oxygen atoms in total. The summed E-state index contributed by atoms with van der Waals surface area (Å²) in [6.45, 7) is 1.76. The van der Waals surface area contributed by atoms with Gasteiger partial charge in [0.25, 0.3) is 11.6 Å². The van der Waals surface area contributed by atoms with Gasteiger partial charge in [0.15, 0.2) is 11.5 Å². The van der Waals surface area contributed by atoms with E-state index in [1.54, 1.807) is 26.1 Å². The molecule has 5 rings (SSSR count). The fraction of sp³-hybridized carbons (Fsp3) is 0.136. The van der Waals surface area contributed by atoms with Crippen LogP contribution in [0.1, 0.15) is 15.9 Å². The van der Waals surface area contributed by atoms with E-state index in [1.165, 1.54) is 28.2 Å². The second-order valence-electron chi connectivity index (χ2n) is 7.31. The summed E-state index contributed by atoms with van der Waals surface area (Å²) in [4.78, 5) is 28.1. The molecular formula is C22H17N5O5S. The molecule has 0 radical (unpaired) electrons. The number of carbonyl (C=O) groups is 1. The second-order valence-corrected chi connectivity index (χ2v) is 8.16. The predicted molar refractivity (Wildman–Crippen MR) is 122 cm³/mol. The van der Waals surface area contributed by atoms with Gasteiger partial charge in [-0.25, -0.2) is 4.98 Å². The number of carbonyl (C=O) groups excluding carboxylic acids is 1.